The monoisotopic (exact) mass is 205 g/mol. The van der Waals surface area contributed by atoms with Gasteiger partial charge in [-0.2, -0.15) is 0 Å². The second-order valence-electron chi connectivity index (χ2n) is 4.01. The Hall–Kier alpha value is -1.51. The molecule has 1 saturated heterocycles. The number of nitrogens with zero attached hydrogens (tertiary/aromatic N) is 1. The highest BCUT2D eigenvalue weighted by Crippen LogP contribution is 2.26. The van der Waals surface area contributed by atoms with Gasteiger partial charge in [0.05, 0.1) is 7.11 Å². The average Bonchev–Trinajstić information content (AvgIpc) is 2.58. The molecule has 1 aromatic rings. The summed E-state index contributed by atoms with van der Waals surface area (Å²) in [7, 11) is 1.64. The third-order valence-corrected chi connectivity index (χ3v) is 2.70. The van der Waals surface area contributed by atoms with Gasteiger partial charge in [0.2, 0.25) is 5.91 Å². The van der Waals surface area contributed by atoms with Crippen LogP contribution in [-0.4, -0.2) is 19.6 Å². The van der Waals surface area contributed by atoms with Crippen LogP contribution in [0.2, 0.25) is 0 Å². The van der Waals surface area contributed by atoms with Crippen LogP contribution in [0.3, 0.4) is 0 Å². The topological polar surface area (TPSA) is 29.5 Å². The first-order valence-electron chi connectivity index (χ1n) is 5.15. The zero-order valence-corrected chi connectivity index (χ0v) is 9.06. The molecule has 0 unspecified atom stereocenters. The van der Waals surface area contributed by atoms with E-state index in [4.69, 9.17) is 4.74 Å². The fourth-order valence-electron chi connectivity index (χ4n) is 1.90. The molecule has 1 aliphatic heterocycles. The maximum absolute atomic E-state index is 11.6. The van der Waals surface area contributed by atoms with E-state index in [0.29, 0.717) is 12.3 Å². The van der Waals surface area contributed by atoms with Crippen molar-refractivity contribution in [3.63, 3.8) is 0 Å². The number of ether oxygens (including phenoxy) is 1. The quantitative estimate of drug-likeness (QED) is 0.739. The average molecular weight is 205 g/mol. The van der Waals surface area contributed by atoms with E-state index in [1.54, 1.807) is 7.11 Å². The fourth-order valence-corrected chi connectivity index (χ4v) is 1.90. The van der Waals surface area contributed by atoms with Gasteiger partial charge in [0.25, 0.3) is 0 Å². The third kappa shape index (κ3) is 1.96. The minimum absolute atomic E-state index is 0.215. The Kier molecular flexibility index (Phi) is 2.62. The number of carbonyl (C=O) groups excluding carboxylic acids is 1. The molecule has 1 atom stereocenters. The van der Waals surface area contributed by atoms with Gasteiger partial charge in [0.1, 0.15) is 5.75 Å². The predicted octanol–water partition coefficient (Wildman–Crippen LogP) is 2.07. The molecule has 0 aliphatic carbocycles. The van der Waals surface area contributed by atoms with Crippen molar-refractivity contribution < 1.29 is 9.53 Å². The summed E-state index contributed by atoms with van der Waals surface area (Å²) in [4.78, 5) is 13.5. The zero-order valence-electron chi connectivity index (χ0n) is 9.06. The number of hydrogen-bond donors (Lipinski definition) is 0. The van der Waals surface area contributed by atoms with Gasteiger partial charge < -0.3 is 9.64 Å². The van der Waals surface area contributed by atoms with E-state index in [-0.39, 0.29) is 5.91 Å². The molecular weight excluding hydrogens is 190 g/mol. The Labute approximate surface area is 89.7 Å². The molecule has 0 spiro atoms. The van der Waals surface area contributed by atoms with Crippen molar-refractivity contribution in [3.05, 3.63) is 24.3 Å². The van der Waals surface area contributed by atoms with Crippen molar-refractivity contribution in [1.29, 1.82) is 0 Å². The Balaban J connectivity index is 2.19. The summed E-state index contributed by atoms with van der Waals surface area (Å²) in [5, 5.41) is 0. The second-order valence-corrected chi connectivity index (χ2v) is 4.01. The molecule has 0 bridgehead atoms. The van der Waals surface area contributed by atoms with Crippen LogP contribution < -0.4 is 9.64 Å². The zero-order chi connectivity index (χ0) is 10.8. The fraction of sp³-hybridized carbons (Fsp3) is 0.417. The van der Waals surface area contributed by atoms with E-state index in [0.717, 1.165) is 18.0 Å². The Bertz CT molecular complexity index is 358. The third-order valence-electron chi connectivity index (χ3n) is 2.70. The first kappa shape index (κ1) is 10.0. The maximum atomic E-state index is 11.6. The highest BCUT2D eigenvalue weighted by atomic mass is 16.5. The van der Waals surface area contributed by atoms with Crippen LogP contribution in [0.15, 0.2) is 24.3 Å². The molecule has 0 aromatic heterocycles. The number of rotatable bonds is 2. The summed E-state index contributed by atoms with van der Waals surface area (Å²) >= 11 is 0. The van der Waals surface area contributed by atoms with Crippen LogP contribution in [0.25, 0.3) is 0 Å². The van der Waals surface area contributed by atoms with Crippen LogP contribution >= 0.6 is 0 Å². The Morgan fingerprint density at radius 2 is 2.00 bits per heavy atom. The standard InChI is InChI=1S/C12H15NO2/c1-9-7-12(14)13(8-9)10-3-5-11(15-2)6-4-10/h3-6,9H,7-8H2,1-2H3/t9-/m1/s1. The molecule has 3 nitrogen and oxygen atoms in total. The molecule has 1 aromatic carbocycles. The summed E-state index contributed by atoms with van der Waals surface area (Å²) in [6.07, 6.45) is 0.659. The molecule has 0 saturated carbocycles. The van der Waals surface area contributed by atoms with E-state index >= 15 is 0 Å². The number of benzene rings is 1. The molecule has 15 heavy (non-hydrogen) atoms. The van der Waals surface area contributed by atoms with Gasteiger partial charge in [-0.15, -0.1) is 0 Å². The summed E-state index contributed by atoms with van der Waals surface area (Å²) in [6.45, 7) is 2.92. The smallest absolute Gasteiger partial charge is 0.227 e. The van der Waals surface area contributed by atoms with E-state index in [2.05, 4.69) is 6.92 Å². The molecular formula is C12H15NO2. The van der Waals surface area contributed by atoms with Crippen molar-refractivity contribution in [3.8, 4) is 5.75 Å². The Morgan fingerprint density at radius 1 is 1.33 bits per heavy atom. The lowest BCUT2D eigenvalue weighted by atomic mass is 10.2. The van der Waals surface area contributed by atoms with E-state index < -0.39 is 0 Å². The molecule has 1 aliphatic rings. The summed E-state index contributed by atoms with van der Waals surface area (Å²) < 4.78 is 5.08. The van der Waals surface area contributed by atoms with Gasteiger partial charge in [-0.05, 0) is 30.2 Å². The summed E-state index contributed by atoms with van der Waals surface area (Å²) in [6, 6.07) is 7.61. The van der Waals surface area contributed by atoms with Crippen LogP contribution in [0.1, 0.15) is 13.3 Å². The van der Waals surface area contributed by atoms with E-state index in [9.17, 15) is 4.79 Å². The SMILES string of the molecule is COc1ccc(N2C[C@H](C)CC2=O)cc1. The first-order valence-corrected chi connectivity index (χ1v) is 5.15. The van der Waals surface area contributed by atoms with Crippen molar-refractivity contribution in [2.45, 2.75) is 13.3 Å². The van der Waals surface area contributed by atoms with Gasteiger partial charge in [0.15, 0.2) is 0 Å². The van der Waals surface area contributed by atoms with Crippen LogP contribution in [0, 0.1) is 5.92 Å². The lowest BCUT2D eigenvalue weighted by Gasteiger charge is -2.16. The predicted molar refractivity (Wildman–Crippen MR) is 59.1 cm³/mol. The Morgan fingerprint density at radius 3 is 2.47 bits per heavy atom. The minimum Gasteiger partial charge on any atom is -0.497 e. The molecule has 1 amide bonds. The van der Waals surface area contributed by atoms with Gasteiger partial charge in [-0.25, -0.2) is 0 Å². The number of carbonyl (C=O) groups is 1. The van der Waals surface area contributed by atoms with Gasteiger partial charge in [0, 0.05) is 18.7 Å². The van der Waals surface area contributed by atoms with Crippen LogP contribution in [0.4, 0.5) is 5.69 Å². The maximum Gasteiger partial charge on any atom is 0.227 e. The molecule has 80 valence electrons. The largest absolute Gasteiger partial charge is 0.497 e. The summed E-state index contributed by atoms with van der Waals surface area (Å²) in [5.74, 6) is 1.49. The van der Waals surface area contributed by atoms with E-state index in [1.807, 2.05) is 29.2 Å². The van der Waals surface area contributed by atoms with Crippen molar-refractivity contribution in [1.82, 2.24) is 0 Å². The first-order chi connectivity index (χ1) is 7.20. The molecule has 1 fully saturated rings. The van der Waals surface area contributed by atoms with Gasteiger partial charge >= 0.3 is 0 Å². The highest BCUT2D eigenvalue weighted by Gasteiger charge is 2.27. The summed E-state index contributed by atoms with van der Waals surface area (Å²) in [5.41, 5.74) is 0.963. The highest BCUT2D eigenvalue weighted by molar-refractivity contribution is 5.95. The van der Waals surface area contributed by atoms with Crippen LogP contribution in [-0.2, 0) is 4.79 Å². The molecule has 1 heterocycles. The van der Waals surface area contributed by atoms with Gasteiger partial charge in [-0.1, -0.05) is 6.92 Å². The molecule has 0 N–H and O–H groups in total. The lowest BCUT2D eigenvalue weighted by Crippen LogP contribution is -2.24. The number of amides is 1. The number of anilines is 1. The van der Waals surface area contributed by atoms with E-state index in [1.165, 1.54) is 0 Å². The molecule has 2 rings (SSSR count). The second kappa shape index (κ2) is 3.93. The minimum atomic E-state index is 0.215. The van der Waals surface area contributed by atoms with Crippen LogP contribution in [0.5, 0.6) is 5.75 Å². The lowest BCUT2D eigenvalue weighted by molar-refractivity contribution is -0.117. The number of methoxy groups -OCH3 is 1. The van der Waals surface area contributed by atoms with Crippen molar-refractivity contribution >= 4 is 11.6 Å². The molecule has 0 radical (unpaired) electrons. The van der Waals surface area contributed by atoms with Crippen molar-refractivity contribution in [2.75, 3.05) is 18.6 Å². The normalized spacial score (nSPS) is 20.8. The van der Waals surface area contributed by atoms with Gasteiger partial charge in [-0.3, -0.25) is 4.79 Å². The van der Waals surface area contributed by atoms with Crippen molar-refractivity contribution in [2.24, 2.45) is 5.92 Å². The molecule has 3 heteroatoms. The number of hydrogen-bond acceptors (Lipinski definition) is 2.